The predicted octanol–water partition coefficient (Wildman–Crippen LogP) is 0.906. The largest absolute Gasteiger partial charge is 0.465 e. The first-order chi connectivity index (χ1) is 8.20. The highest BCUT2D eigenvalue weighted by Crippen LogP contribution is 2.20. The smallest absolute Gasteiger partial charge is 0.323 e. The van der Waals surface area contributed by atoms with Crippen molar-refractivity contribution >= 4 is 5.97 Å². The zero-order valence-electron chi connectivity index (χ0n) is 10.2. The summed E-state index contributed by atoms with van der Waals surface area (Å²) in [5, 5.41) is 7.71. The summed E-state index contributed by atoms with van der Waals surface area (Å²) in [5.41, 5.74) is 0. The average molecular weight is 239 g/mol. The van der Waals surface area contributed by atoms with E-state index in [4.69, 9.17) is 9.15 Å². The lowest BCUT2D eigenvalue weighted by Gasteiger charge is -2.20. The quantitative estimate of drug-likeness (QED) is 0.727. The molecular formula is C11H17N3O3. The molecule has 0 aromatic carbocycles. The van der Waals surface area contributed by atoms with Gasteiger partial charge in [0.05, 0.1) is 13.2 Å². The molecule has 2 rings (SSSR count). The second kappa shape index (κ2) is 5.27. The fourth-order valence-electron chi connectivity index (χ4n) is 2.10. The molecule has 1 unspecified atom stereocenters. The molecule has 0 N–H and O–H groups in total. The highest BCUT2D eigenvalue weighted by molar-refractivity contribution is 5.76. The molecule has 0 saturated carbocycles. The average Bonchev–Trinajstić information content (AvgIpc) is 2.89. The van der Waals surface area contributed by atoms with Gasteiger partial charge in [-0.15, -0.1) is 10.2 Å². The molecule has 0 amide bonds. The van der Waals surface area contributed by atoms with Gasteiger partial charge in [0, 0.05) is 6.92 Å². The van der Waals surface area contributed by atoms with Gasteiger partial charge >= 0.3 is 5.97 Å². The number of nitrogens with zero attached hydrogens (tertiary/aromatic N) is 3. The van der Waals surface area contributed by atoms with Crippen molar-refractivity contribution in [2.75, 3.05) is 13.2 Å². The molecule has 94 valence electrons. The van der Waals surface area contributed by atoms with Crippen LogP contribution < -0.4 is 0 Å². The Morgan fingerprint density at radius 3 is 3.06 bits per heavy atom. The molecule has 6 nitrogen and oxygen atoms in total. The first-order valence-corrected chi connectivity index (χ1v) is 5.90. The molecule has 1 aliphatic heterocycles. The predicted molar refractivity (Wildman–Crippen MR) is 59.1 cm³/mol. The van der Waals surface area contributed by atoms with Crippen LogP contribution in [0.3, 0.4) is 0 Å². The fraction of sp³-hybridized carbons (Fsp3) is 0.727. The molecule has 1 atom stereocenters. The minimum absolute atomic E-state index is 0.152. The van der Waals surface area contributed by atoms with Crippen LogP contribution in [-0.2, 0) is 16.1 Å². The Kier molecular flexibility index (Phi) is 3.73. The number of esters is 1. The third-order valence-electron chi connectivity index (χ3n) is 2.83. The van der Waals surface area contributed by atoms with E-state index in [1.54, 1.807) is 6.92 Å². The summed E-state index contributed by atoms with van der Waals surface area (Å²) in [6.45, 7) is 5.37. The number of aryl methyl sites for hydroxylation is 1. The van der Waals surface area contributed by atoms with Crippen molar-refractivity contribution in [1.29, 1.82) is 0 Å². The van der Waals surface area contributed by atoms with Gasteiger partial charge in [-0.05, 0) is 26.3 Å². The van der Waals surface area contributed by atoms with Gasteiger partial charge in [0.1, 0.15) is 6.04 Å². The number of aromatic nitrogens is 2. The van der Waals surface area contributed by atoms with Crippen LogP contribution in [0.25, 0.3) is 0 Å². The van der Waals surface area contributed by atoms with Gasteiger partial charge in [0.25, 0.3) is 0 Å². The van der Waals surface area contributed by atoms with Crippen LogP contribution >= 0.6 is 0 Å². The van der Waals surface area contributed by atoms with Crippen molar-refractivity contribution in [2.24, 2.45) is 0 Å². The maximum absolute atomic E-state index is 11.7. The molecule has 0 bridgehead atoms. The molecule has 0 aliphatic carbocycles. The van der Waals surface area contributed by atoms with E-state index in [1.165, 1.54) is 0 Å². The first-order valence-electron chi connectivity index (χ1n) is 5.90. The lowest BCUT2D eigenvalue weighted by molar-refractivity contribution is -0.148. The van der Waals surface area contributed by atoms with Crippen molar-refractivity contribution in [1.82, 2.24) is 15.1 Å². The molecule has 17 heavy (non-hydrogen) atoms. The van der Waals surface area contributed by atoms with Gasteiger partial charge in [-0.25, -0.2) is 0 Å². The Bertz CT molecular complexity index is 391. The van der Waals surface area contributed by atoms with Crippen LogP contribution in [-0.4, -0.2) is 40.3 Å². The van der Waals surface area contributed by atoms with Gasteiger partial charge < -0.3 is 9.15 Å². The lowest BCUT2D eigenvalue weighted by atomic mass is 10.2. The Morgan fingerprint density at radius 2 is 2.41 bits per heavy atom. The molecule has 2 heterocycles. The Labute approximate surface area is 99.9 Å². The van der Waals surface area contributed by atoms with Crippen LogP contribution in [0.2, 0.25) is 0 Å². The number of ether oxygens (including phenoxy) is 1. The van der Waals surface area contributed by atoms with E-state index in [9.17, 15) is 4.79 Å². The van der Waals surface area contributed by atoms with Crippen LogP contribution in [0.1, 0.15) is 31.5 Å². The van der Waals surface area contributed by atoms with E-state index in [0.717, 1.165) is 19.4 Å². The molecule has 6 heteroatoms. The van der Waals surface area contributed by atoms with Gasteiger partial charge in [-0.1, -0.05) is 0 Å². The summed E-state index contributed by atoms with van der Waals surface area (Å²) in [6, 6.07) is -0.165. The van der Waals surface area contributed by atoms with E-state index in [2.05, 4.69) is 10.2 Å². The summed E-state index contributed by atoms with van der Waals surface area (Å²) in [7, 11) is 0. The van der Waals surface area contributed by atoms with Crippen LogP contribution in [0.4, 0.5) is 0 Å². The van der Waals surface area contributed by atoms with Gasteiger partial charge in [-0.2, -0.15) is 0 Å². The molecule has 0 radical (unpaired) electrons. The van der Waals surface area contributed by atoms with Gasteiger partial charge in [0.15, 0.2) is 0 Å². The molecule has 1 aliphatic rings. The Balaban J connectivity index is 1.97. The number of carbonyl (C=O) groups is 1. The number of carbonyl (C=O) groups excluding carboxylic acids is 1. The maximum atomic E-state index is 11.7. The lowest BCUT2D eigenvalue weighted by Crippen LogP contribution is -2.36. The zero-order chi connectivity index (χ0) is 12.3. The second-order valence-electron chi connectivity index (χ2n) is 4.10. The Morgan fingerprint density at radius 1 is 1.59 bits per heavy atom. The van der Waals surface area contributed by atoms with E-state index < -0.39 is 0 Å². The maximum Gasteiger partial charge on any atom is 0.323 e. The zero-order valence-corrected chi connectivity index (χ0v) is 10.2. The van der Waals surface area contributed by atoms with Crippen LogP contribution in [0.15, 0.2) is 4.42 Å². The first kappa shape index (κ1) is 12.0. The fourth-order valence-corrected chi connectivity index (χ4v) is 2.10. The minimum Gasteiger partial charge on any atom is -0.465 e. The normalized spacial score (nSPS) is 20.7. The van der Waals surface area contributed by atoms with E-state index in [1.807, 2.05) is 11.8 Å². The third kappa shape index (κ3) is 2.82. The molecule has 1 saturated heterocycles. The van der Waals surface area contributed by atoms with E-state index >= 15 is 0 Å². The summed E-state index contributed by atoms with van der Waals surface area (Å²) in [4.78, 5) is 13.8. The minimum atomic E-state index is -0.165. The van der Waals surface area contributed by atoms with Crippen molar-refractivity contribution < 1.29 is 13.9 Å². The van der Waals surface area contributed by atoms with Crippen molar-refractivity contribution in [3.05, 3.63) is 11.8 Å². The van der Waals surface area contributed by atoms with Crippen molar-refractivity contribution in [3.63, 3.8) is 0 Å². The topological polar surface area (TPSA) is 68.5 Å². The summed E-state index contributed by atoms with van der Waals surface area (Å²) < 4.78 is 10.4. The third-order valence-corrected chi connectivity index (χ3v) is 2.83. The van der Waals surface area contributed by atoms with Crippen LogP contribution in [0.5, 0.6) is 0 Å². The van der Waals surface area contributed by atoms with E-state index in [0.29, 0.717) is 24.9 Å². The summed E-state index contributed by atoms with van der Waals surface area (Å²) in [5.74, 6) is 0.951. The second-order valence-corrected chi connectivity index (χ2v) is 4.10. The molecule has 1 aromatic heterocycles. The summed E-state index contributed by atoms with van der Waals surface area (Å²) in [6.07, 6.45) is 1.84. The van der Waals surface area contributed by atoms with Gasteiger partial charge in [-0.3, -0.25) is 9.69 Å². The van der Waals surface area contributed by atoms with Crippen molar-refractivity contribution in [3.8, 4) is 0 Å². The highest BCUT2D eigenvalue weighted by Gasteiger charge is 2.32. The Hall–Kier alpha value is -1.43. The number of hydrogen-bond acceptors (Lipinski definition) is 6. The monoisotopic (exact) mass is 239 g/mol. The summed E-state index contributed by atoms with van der Waals surface area (Å²) >= 11 is 0. The number of hydrogen-bond donors (Lipinski definition) is 0. The van der Waals surface area contributed by atoms with Crippen LogP contribution in [0, 0.1) is 6.92 Å². The van der Waals surface area contributed by atoms with E-state index in [-0.39, 0.29) is 12.0 Å². The molecule has 1 fully saturated rings. The van der Waals surface area contributed by atoms with Crippen molar-refractivity contribution in [2.45, 2.75) is 39.3 Å². The van der Waals surface area contributed by atoms with Gasteiger partial charge in [0.2, 0.25) is 11.8 Å². The number of likely N-dealkylation sites (tertiary alicyclic amines) is 1. The molecular weight excluding hydrogens is 222 g/mol. The molecule has 0 spiro atoms. The number of rotatable bonds is 4. The highest BCUT2D eigenvalue weighted by atomic mass is 16.5. The standard InChI is InChI=1S/C11H17N3O3/c1-3-16-11(15)9-5-4-6-14(9)7-10-13-12-8(2)17-10/h9H,3-7H2,1-2H3. The SMILES string of the molecule is CCOC(=O)C1CCCN1Cc1nnc(C)o1. The molecule has 1 aromatic rings.